The minimum Gasteiger partial charge on any atom is -0.497 e. The van der Waals surface area contributed by atoms with Crippen LogP contribution in [-0.4, -0.2) is 54.3 Å². The molecule has 0 saturated carbocycles. The summed E-state index contributed by atoms with van der Waals surface area (Å²) in [4.78, 5) is 19.0. The van der Waals surface area contributed by atoms with Crippen LogP contribution in [0.2, 0.25) is 0 Å². The highest BCUT2D eigenvalue weighted by Gasteiger charge is 2.41. The largest absolute Gasteiger partial charge is 0.497 e. The Balaban J connectivity index is 1.41. The fourth-order valence-electron chi connectivity index (χ4n) is 5.20. The Kier molecular flexibility index (Phi) is 9.24. The van der Waals surface area contributed by atoms with E-state index in [4.69, 9.17) is 9.47 Å². The highest BCUT2D eigenvalue weighted by molar-refractivity contribution is 5.85. The van der Waals surface area contributed by atoms with E-state index < -0.39 is 35.8 Å². The standard InChI is InChI=1S/C28H31F4N3O4/c1-38-21-2-3-25-23(15-21)26(18(16-29)17-33-25)24(32)4-5-28(27(36)34-37)6-8-35(9-7-28)10-11-39-22-13-19(30)12-20(31)14-22/h2-3,12-15,17,24,37H,4-11,16H2,1H3,(H,34,36). The molecule has 2 aromatic carbocycles. The number of carbonyl (C=O) groups is 1. The molecule has 0 spiro atoms. The number of fused-ring (bicyclic) bond motifs is 1. The van der Waals surface area contributed by atoms with Crippen molar-refractivity contribution in [1.29, 1.82) is 0 Å². The van der Waals surface area contributed by atoms with Crippen molar-refractivity contribution >= 4 is 16.8 Å². The molecular formula is C28H31F4N3O4. The number of carbonyl (C=O) groups excluding carboxylic acids is 1. The summed E-state index contributed by atoms with van der Waals surface area (Å²) < 4.78 is 67.0. The van der Waals surface area contributed by atoms with Crippen molar-refractivity contribution in [2.75, 3.05) is 33.4 Å². The summed E-state index contributed by atoms with van der Waals surface area (Å²) in [6, 6.07) is 7.95. The number of amides is 1. The van der Waals surface area contributed by atoms with Crippen molar-refractivity contribution in [2.24, 2.45) is 5.41 Å². The predicted octanol–water partition coefficient (Wildman–Crippen LogP) is 5.45. The number of likely N-dealkylation sites (tertiary alicyclic amines) is 1. The first-order chi connectivity index (χ1) is 18.8. The number of halogens is 4. The number of hydroxylamine groups is 1. The number of alkyl halides is 2. The molecule has 3 aromatic rings. The Morgan fingerprint density at radius 1 is 1.15 bits per heavy atom. The first kappa shape index (κ1) is 28.6. The fourth-order valence-corrected chi connectivity index (χ4v) is 5.20. The molecule has 39 heavy (non-hydrogen) atoms. The fraction of sp³-hybridized carbons (Fsp3) is 0.429. The Labute approximate surface area is 223 Å². The summed E-state index contributed by atoms with van der Waals surface area (Å²) in [5.74, 6) is -1.48. The highest BCUT2D eigenvalue weighted by Crippen LogP contribution is 2.41. The lowest BCUT2D eigenvalue weighted by molar-refractivity contribution is -0.143. The molecule has 1 aliphatic heterocycles. The lowest BCUT2D eigenvalue weighted by atomic mass is 9.73. The zero-order valence-corrected chi connectivity index (χ0v) is 21.6. The number of benzene rings is 2. The van der Waals surface area contributed by atoms with E-state index in [0.717, 1.165) is 18.2 Å². The molecule has 7 nitrogen and oxygen atoms in total. The summed E-state index contributed by atoms with van der Waals surface area (Å²) in [7, 11) is 1.48. The molecule has 4 rings (SSSR count). The first-order valence-corrected chi connectivity index (χ1v) is 12.7. The minimum absolute atomic E-state index is 0.0645. The van der Waals surface area contributed by atoms with Crippen LogP contribution in [0.15, 0.2) is 42.6 Å². The second kappa shape index (κ2) is 12.6. The third-order valence-corrected chi connectivity index (χ3v) is 7.44. The number of methoxy groups -OCH3 is 1. The topological polar surface area (TPSA) is 83.9 Å². The van der Waals surface area contributed by atoms with Gasteiger partial charge in [-0.2, -0.15) is 0 Å². The molecule has 1 aliphatic rings. The van der Waals surface area contributed by atoms with E-state index in [2.05, 4.69) is 4.98 Å². The van der Waals surface area contributed by atoms with E-state index in [1.54, 1.807) is 23.7 Å². The van der Waals surface area contributed by atoms with Crippen LogP contribution in [0.25, 0.3) is 10.9 Å². The van der Waals surface area contributed by atoms with Gasteiger partial charge >= 0.3 is 0 Å². The van der Waals surface area contributed by atoms with Crippen LogP contribution in [0.5, 0.6) is 11.5 Å². The van der Waals surface area contributed by atoms with Gasteiger partial charge in [0.15, 0.2) is 0 Å². The number of hydrogen-bond acceptors (Lipinski definition) is 6. The molecule has 1 amide bonds. The van der Waals surface area contributed by atoms with Crippen LogP contribution < -0.4 is 15.0 Å². The van der Waals surface area contributed by atoms with E-state index in [0.29, 0.717) is 49.1 Å². The van der Waals surface area contributed by atoms with Crippen LogP contribution >= 0.6 is 0 Å². The second-order valence-electron chi connectivity index (χ2n) is 9.74. The third-order valence-electron chi connectivity index (χ3n) is 7.44. The third kappa shape index (κ3) is 6.59. The van der Waals surface area contributed by atoms with Crippen LogP contribution in [0.4, 0.5) is 17.6 Å². The molecule has 2 heterocycles. The van der Waals surface area contributed by atoms with Crippen molar-refractivity contribution in [1.82, 2.24) is 15.4 Å². The maximum Gasteiger partial charge on any atom is 0.249 e. The van der Waals surface area contributed by atoms with Crippen LogP contribution in [0.3, 0.4) is 0 Å². The van der Waals surface area contributed by atoms with E-state index in [1.807, 2.05) is 4.90 Å². The van der Waals surface area contributed by atoms with Crippen molar-refractivity contribution in [3.63, 3.8) is 0 Å². The Morgan fingerprint density at radius 3 is 2.51 bits per heavy atom. The number of ether oxygens (including phenoxy) is 2. The Hall–Kier alpha value is -3.44. The van der Waals surface area contributed by atoms with Gasteiger partial charge < -0.3 is 9.47 Å². The monoisotopic (exact) mass is 549 g/mol. The SMILES string of the molecule is COc1ccc2ncc(CF)c(C(F)CCC3(C(=O)NO)CCN(CCOc4cc(F)cc(F)c4)CC3)c2c1. The summed E-state index contributed by atoms with van der Waals surface area (Å²) in [6.07, 6.45) is 0.516. The smallest absolute Gasteiger partial charge is 0.249 e. The molecular weight excluding hydrogens is 518 g/mol. The first-order valence-electron chi connectivity index (χ1n) is 12.7. The predicted molar refractivity (Wildman–Crippen MR) is 136 cm³/mol. The zero-order chi connectivity index (χ0) is 28.0. The number of hydrogen-bond donors (Lipinski definition) is 2. The van der Waals surface area contributed by atoms with Gasteiger partial charge in [0.25, 0.3) is 0 Å². The summed E-state index contributed by atoms with van der Waals surface area (Å²) in [6.45, 7) is 0.675. The lowest BCUT2D eigenvalue weighted by Crippen LogP contribution is -2.49. The van der Waals surface area contributed by atoms with Crippen LogP contribution in [0.1, 0.15) is 43.0 Å². The number of nitrogens with zero attached hydrogens (tertiary/aromatic N) is 2. The van der Waals surface area contributed by atoms with Crippen molar-refractivity contribution < 1.29 is 37.0 Å². The second-order valence-corrected chi connectivity index (χ2v) is 9.74. The van der Waals surface area contributed by atoms with Gasteiger partial charge in [0.1, 0.15) is 42.6 Å². The molecule has 11 heteroatoms. The number of nitrogens with one attached hydrogen (secondary N) is 1. The number of piperidine rings is 1. The van der Waals surface area contributed by atoms with Gasteiger partial charge in [0.2, 0.25) is 5.91 Å². The molecule has 0 aliphatic carbocycles. The quantitative estimate of drug-likeness (QED) is 0.188. The van der Waals surface area contributed by atoms with E-state index in [9.17, 15) is 23.2 Å². The molecule has 2 N–H and O–H groups in total. The van der Waals surface area contributed by atoms with E-state index in [-0.39, 0.29) is 36.3 Å². The van der Waals surface area contributed by atoms with E-state index in [1.165, 1.54) is 13.3 Å². The maximum absolute atomic E-state index is 15.8. The molecule has 1 atom stereocenters. The van der Waals surface area contributed by atoms with Gasteiger partial charge in [-0.05, 0) is 57.0 Å². The molecule has 1 aromatic heterocycles. The van der Waals surface area contributed by atoms with Gasteiger partial charge in [-0.3, -0.25) is 19.9 Å². The van der Waals surface area contributed by atoms with Gasteiger partial charge in [-0.25, -0.2) is 23.0 Å². The normalized spacial score (nSPS) is 16.2. The average molecular weight is 550 g/mol. The van der Waals surface area contributed by atoms with Gasteiger partial charge in [-0.15, -0.1) is 0 Å². The highest BCUT2D eigenvalue weighted by atomic mass is 19.1. The van der Waals surface area contributed by atoms with Crippen molar-refractivity contribution in [3.8, 4) is 11.5 Å². The molecule has 0 bridgehead atoms. The number of pyridine rings is 1. The summed E-state index contributed by atoms with van der Waals surface area (Å²) in [5, 5.41) is 9.88. The Morgan fingerprint density at radius 2 is 1.87 bits per heavy atom. The molecule has 1 fully saturated rings. The average Bonchev–Trinajstić information content (AvgIpc) is 2.94. The Bertz CT molecular complexity index is 1280. The number of rotatable bonds is 11. The van der Waals surface area contributed by atoms with Crippen molar-refractivity contribution in [2.45, 2.75) is 38.5 Å². The lowest BCUT2D eigenvalue weighted by Gasteiger charge is -2.40. The maximum atomic E-state index is 15.8. The molecule has 1 unspecified atom stereocenters. The van der Waals surface area contributed by atoms with Crippen LogP contribution in [-0.2, 0) is 11.5 Å². The molecule has 1 saturated heterocycles. The number of aromatic nitrogens is 1. The summed E-state index contributed by atoms with van der Waals surface area (Å²) >= 11 is 0. The molecule has 210 valence electrons. The van der Waals surface area contributed by atoms with Crippen molar-refractivity contribution in [3.05, 3.63) is 65.4 Å². The summed E-state index contributed by atoms with van der Waals surface area (Å²) in [5.41, 5.74) is 1.54. The van der Waals surface area contributed by atoms with Crippen LogP contribution in [0, 0.1) is 17.0 Å². The van der Waals surface area contributed by atoms with Gasteiger partial charge in [-0.1, -0.05) is 0 Å². The van der Waals surface area contributed by atoms with E-state index >= 15 is 4.39 Å². The van der Waals surface area contributed by atoms with Gasteiger partial charge in [0.05, 0.1) is 18.0 Å². The molecule has 0 radical (unpaired) electrons. The minimum atomic E-state index is -1.57. The zero-order valence-electron chi connectivity index (χ0n) is 21.6. The van der Waals surface area contributed by atoms with Gasteiger partial charge in [0, 0.05) is 47.5 Å².